The van der Waals surface area contributed by atoms with Crippen molar-refractivity contribution < 1.29 is 0 Å². The average molecular weight is 462 g/mol. The minimum absolute atomic E-state index is 0.225. The Labute approximate surface area is 199 Å². The fourth-order valence-corrected chi connectivity index (χ4v) is 4.92. The topological polar surface area (TPSA) is 29.9 Å². The Balaban J connectivity index is 1.62. The molecule has 0 atom stereocenters. The number of rotatable bonds is 5. The Kier molecular flexibility index (Phi) is 6.20. The molecule has 1 aromatic heterocycles. The van der Waals surface area contributed by atoms with E-state index in [2.05, 4.69) is 66.0 Å². The monoisotopic (exact) mass is 461 g/mol. The van der Waals surface area contributed by atoms with Crippen LogP contribution in [0.5, 0.6) is 0 Å². The van der Waals surface area contributed by atoms with Gasteiger partial charge >= 0.3 is 0 Å². The van der Waals surface area contributed by atoms with E-state index in [1.165, 1.54) is 16.7 Å². The summed E-state index contributed by atoms with van der Waals surface area (Å²) >= 11 is 12.9. The molecule has 0 aliphatic carbocycles. The highest BCUT2D eigenvalue weighted by Crippen LogP contribution is 2.36. The second-order valence-electron chi connectivity index (χ2n) is 8.24. The van der Waals surface area contributed by atoms with Crippen molar-refractivity contribution in [2.24, 2.45) is 0 Å². The molecule has 5 rings (SSSR count). The summed E-state index contributed by atoms with van der Waals surface area (Å²) in [4.78, 5) is 0. The second kappa shape index (κ2) is 9.40. The third-order valence-electron chi connectivity index (χ3n) is 6.15. The zero-order chi connectivity index (χ0) is 21.9. The number of hydrogen-bond donors (Lipinski definition) is 1. The van der Waals surface area contributed by atoms with Gasteiger partial charge in [-0.15, -0.1) is 0 Å². The number of nitrogens with zero attached hydrogens (tertiary/aromatic N) is 2. The lowest BCUT2D eigenvalue weighted by molar-refractivity contribution is 0.727. The van der Waals surface area contributed by atoms with Crippen LogP contribution in [0.2, 0.25) is 10.0 Å². The molecule has 1 aliphatic rings. The Morgan fingerprint density at radius 2 is 1.56 bits per heavy atom. The number of halogens is 2. The first-order valence-corrected chi connectivity index (χ1v) is 11.9. The molecule has 4 aromatic rings. The first-order valence-electron chi connectivity index (χ1n) is 11.1. The van der Waals surface area contributed by atoms with E-state index in [0.717, 1.165) is 49.4 Å². The van der Waals surface area contributed by atoms with Crippen LogP contribution in [0.15, 0.2) is 78.9 Å². The van der Waals surface area contributed by atoms with Crippen molar-refractivity contribution in [3.63, 3.8) is 0 Å². The molecule has 32 heavy (non-hydrogen) atoms. The normalized spacial score (nSPS) is 13.5. The third kappa shape index (κ3) is 4.28. The first kappa shape index (κ1) is 21.1. The molecule has 1 N–H and O–H groups in total. The minimum Gasteiger partial charge on any atom is -0.370 e. The first-order chi connectivity index (χ1) is 15.7. The van der Waals surface area contributed by atoms with Gasteiger partial charge in [-0.2, -0.15) is 5.10 Å². The summed E-state index contributed by atoms with van der Waals surface area (Å²) in [6.07, 6.45) is 4.11. The number of anilines is 1. The van der Waals surface area contributed by atoms with E-state index in [4.69, 9.17) is 28.3 Å². The van der Waals surface area contributed by atoms with Crippen LogP contribution in [0.3, 0.4) is 0 Å². The van der Waals surface area contributed by atoms with Crippen LogP contribution in [-0.2, 0) is 12.8 Å². The van der Waals surface area contributed by atoms with Gasteiger partial charge < -0.3 is 5.32 Å². The van der Waals surface area contributed by atoms with Crippen molar-refractivity contribution in [3.05, 3.63) is 111 Å². The Bertz CT molecular complexity index is 1160. The lowest BCUT2D eigenvalue weighted by atomic mass is 9.86. The molecule has 0 fully saturated rings. The quantitative estimate of drug-likeness (QED) is 0.337. The van der Waals surface area contributed by atoms with Gasteiger partial charge in [-0.1, -0.05) is 83.9 Å². The molecule has 3 aromatic carbocycles. The zero-order valence-electron chi connectivity index (χ0n) is 17.8. The van der Waals surface area contributed by atoms with Crippen LogP contribution in [0, 0.1) is 0 Å². The molecule has 0 unspecified atom stereocenters. The molecule has 0 radical (unpaired) electrons. The van der Waals surface area contributed by atoms with Gasteiger partial charge in [-0.05, 0) is 48.6 Å². The Morgan fingerprint density at radius 3 is 2.25 bits per heavy atom. The van der Waals surface area contributed by atoms with Crippen molar-refractivity contribution in [2.75, 3.05) is 11.9 Å². The Morgan fingerprint density at radius 1 is 0.875 bits per heavy atom. The predicted molar refractivity (Wildman–Crippen MR) is 133 cm³/mol. The lowest BCUT2D eigenvalue weighted by Crippen LogP contribution is -2.08. The summed E-state index contributed by atoms with van der Waals surface area (Å²) in [6, 6.07) is 26.9. The highest BCUT2D eigenvalue weighted by molar-refractivity contribution is 6.34. The highest BCUT2D eigenvalue weighted by Gasteiger charge is 2.25. The summed E-state index contributed by atoms with van der Waals surface area (Å²) in [5.41, 5.74) is 5.80. The van der Waals surface area contributed by atoms with Gasteiger partial charge in [-0.25, -0.2) is 4.68 Å². The summed E-state index contributed by atoms with van der Waals surface area (Å²) in [6.45, 7) is 0.928. The predicted octanol–water partition coefficient (Wildman–Crippen LogP) is 7.30. The van der Waals surface area contributed by atoms with E-state index in [0.29, 0.717) is 10.0 Å². The van der Waals surface area contributed by atoms with Gasteiger partial charge in [0.25, 0.3) is 0 Å². The van der Waals surface area contributed by atoms with Gasteiger partial charge in [0.2, 0.25) is 0 Å². The van der Waals surface area contributed by atoms with E-state index >= 15 is 0 Å². The summed E-state index contributed by atoms with van der Waals surface area (Å²) in [5.74, 6) is 1.27. The molecule has 0 saturated carbocycles. The maximum Gasteiger partial charge on any atom is 0.133 e. The molecule has 0 bridgehead atoms. The van der Waals surface area contributed by atoms with E-state index in [1.54, 1.807) is 0 Å². The molecule has 0 amide bonds. The number of hydrogen-bond acceptors (Lipinski definition) is 2. The third-order valence-corrected chi connectivity index (χ3v) is 6.71. The molecule has 1 aliphatic heterocycles. The van der Waals surface area contributed by atoms with Crippen molar-refractivity contribution in [1.82, 2.24) is 9.78 Å². The molecular formula is C27H25Cl2N3. The standard InChI is InChI=1S/C27H25Cl2N3/c28-21-14-15-24(29)26(17-21)32-27-22(13-7-8-16-30-27)25(31-32)18-23(19-9-3-1-4-10-19)20-11-5-2-6-12-20/h1-6,9-12,14-15,17,23,30H,7-8,13,16,18H2. The number of aromatic nitrogens is 2. The summed E-state index contributed by atoms with van der Waals surface area (Å²) < 4.78 is 1.96. The summed E-state index contributed by atoms with van der Waals surface area (Å²) in [7, 11) is 0. The van der Waals surface area contributed by atoms with Gasteiger partial charge in [0, 0.05) is 29.5 Å². The number of benzene rings is 3. The maximum absolute atomic E-state index is 6.57. The van der Waals surface area contributed by atoms with Gasteiger partial charge in [0.1, 0.15) is 5.82 Å². The van der Waals surface area contributed by atoms with Crippen LogP contribution in [-0.4, -0.2) is 16.3 Å². The summed E-state index contributed by atoms with van der Waals surface area (Å²) in [5, 5.41) is 10.0. The van der Waals surface area contributed by atoms with Crippen LogP contribution in [0.25, 0.3) is 5.69 Å². The fourth-order valence-electron chi connectivity index (χ4n) is 4.55. The average Bonchev–Trinajstić information content (AvgIpc) is 2.99. The van der Waals surface area contributed by atoms with E-state index in [-0.39, 0.29) is 5.92 Å². The molecular weight excluding hydrogens is 437 g/mol. The zero-order valence-corrected chi connectivity index (χ0v) is 19.3. The van der Waals surface area contributed by atoms with Gasteiger partial charge in [0.05, 0.1) is 16.4 Å². The molecule has 3 nitrogen and oxygen atoms in total. The van der Waals surface area contributed by atoms with Crippen LogP contribution in [0.1, 0.15) is 41.1 Å². The molecule has 162 valence electrons. The van der Waals surface area contributed by atoms with Crippen molar-refractivity contribution in [1.29, 1.82) is 0 Å². The smallest absolute Gasteiger partial charge is 0.133 e. The van der Waals surface area contributed by atoms with E-state index in [9.17, 15) is 0 Å². The van der Waals surface area contributed by atoms with Crippen molar-refractivity contribution >= 4 is 29.0 Å². The van der Waals surface area contributed by atoms with Crippen LogP contribution in [0.4, 0.5) is 5.82 Å². The van der Waals surface area contributed by atoms with Crippen molar-refractivity contribution in [3.8, 4) is 5.69 Å². The molecule has 5 heteroatoms. The maximum atomic E-state index is 6.57. The van der Waals surface area contributed by atoms with E-state index in [1.807, 2.05) is 22.9 Å². The van der Waals surface area contributed by atoms with Gasteiger partial charge in [-0.3, -0.25) is 0 Å². The van der Waals surface area contributed by atoms with E-state index < -0.39 is 0 Å². The molecule has 2 heterocycles. The van der Waals surface area contributed by atoms with Crippen molar-refractivity contribution in [2.45, 2.75) is 31.6 Å². The highest BCUT2D eigenvalue weighted by atomic mass is 35.5. The Hall–Kier alpha value is -2.75. The number of fused-ring (bicyclic) bond motifs is 1. The van der Waals surface area contributed by atoms with Gasteiger partial charge in [0.15, 0.2) is 0 Å². The van der Waals surface area contributed by atoms with Crippen LogP contribution >= 0.6 is 23.2 Å². The molecule has 0 spiro atoms. The largest absolute Gasteiger partial charge is 0.370 e. The minimum atomic E-state index is 0.225. The fraction of sp³-hybridized carbons (Fsp3) is 0.222. The number of nitrogens with one attached hydrogen (secondary N) is 1. The molecule has 0 saturated heterocycles. The lowest BCUT2D eigenvalue weighted by Gasteiger charge is -2.18. The SMILES string of the molecule is Clc1ccc(Cl)c(-n2nc(CC(c3ccccc3)c3ccccc3)c3c2NCCCC3)c1. The second-order valence-corrected chi connectivity index (χ2v) is 9.09. The van der Waals surface area contributed by atoms with Crippen LogP contribution < -0.4 is 5.32 Å².